The van der Waals surface area contributed by atoms with Gasteiger partial charge in [-0.15, -0.1) is 0 Å². The van der Waals surface area contributed by atoms with E-state index in [1.165, 1.54) is 0 Å². The summed E-state index contributed by atoms with van der Waals surface area (Å²) in [5, 5.41) is 12.9. The van der Waals surface area contributed by atoms with Gasteiger partial charge in [0.05, 0.1) is 12.1 Å². The SMILES string of the molecule is COC1CCCC1NC(=O)NC(=O)C=CC(=O)O. The Balaban J connectivity index is 2.37. The Morgan fingerprint density at radius 1 is 1.28 bits per heavy atom. The third-order valence-corrected chi connectivity index (χ3v) is 2.69. The molecule has 7 heteroatoms. The molecule has 2 atom stereocenters. The van der Waals surface area contributed by atoms with Crippen molar-refractivity contribution in [1.82, 2.24) is 10.6 Å². The van der Waals surface area contributed by atoms with E-state index in [1.54, 1.807) is 7.11 Å². The summed E-state index contributed by atoms with van der Waals surface area (Å²) < 4.78 is 5.19. The first-order valence-corrected chi connectivity index (χ1v) is 5.58. The van der Waals surface area contributed by atoms with Crippen LogP contribution in [-0.4, -0.2) is 42.3 Å². The van der Waals surface area contributed by atoms with Crippen LogP contribution in [0.4, 0.5) is 4.79 Å². The summed E-state index contributed by atoms with van der Waals surface area (Å²) in [5.41, 5.74) is 0. The molecule has 3 N–H and O–H groups in total. The van der Waals surface area contributed by atoms with Crippen LogP contribution in [-0.2, 0) is 14.3 Å². The van der Waals surface area contributed by atoms with Crippen LogP contribution in [0.1, 0.15) is 19.3 Å². The quantitative estimate of drug-likeness (QED) is 0.615. The predicted octanol–water partition coefficient (Wildman–Crippen LogP) is 0.0205. The van der Waals surface area contributed by atoms with Crippen molar-refractivity contribution in [2.75, 3.05) is 7.11 Å². The van der Waals surface area contributed by atoms with Gasteiger partial charge in [0.15, 0.2) is 0 Å². The third-order valence-electron chi connectivity index (χ3n) is 2.69. The van der Waals surface area contributed by atoms with Crippen LogP contribution in [0.3, 0.4) is 0 Å². The molecule has 0 heterocycles. The van der Waals surface area contributed by atoms with Crippen LogP contribution in [0.2, 0.25) is 0 Å². The summed E-state index contributed by atoms with van der Waals surface area (Å²) in [6.07, 6.45) is 4.02. The van der Waals surface area contributed by atoms with Gasteiger partial charge in [-0.3, -0.25) is 10.1 Å². The summed E-state index contributed by atoms with van der Waals surface area (Å²) in [6, 6.07) is -0.768. The van der Waals surface area contributed by atoms with Crippen LogP contribution in [0.25, 0.3) is 0 Å². The number of ether oxygens (including phenoxy) is 1. The van der Waals surface area contributed by atoms with Crippen molar-refractivity contribution in [2.24, 2.45) is 0 Å². The van der Waals surface area contributed by atoms with Crippen LogP contribution in [0.5, 0.6) is 0 Å². The molecule has 0 aromatic rings. The molecule has 1 aliphatic rings. The van der Waals surface area contributed by atoms with Gasteiger partial charge < -0.3 is 15.2 Å². The predicted molar refractivity (Wildman–Crippen MR) is 61.9 cm³/mol. The highest BCUT2D eigenvalue weighted by Crippen LogP contribution is 2.21. The maximum absolute atomic E-state index is 11.4. The van der Waals surface area contributed by atoms with Crippen molar-refractivity contribution >= 4 is 17.9 Å². The first-order chi connectivity index (χ1) is 8.52. The number of urea groups is 1. The molecule has 1 fully saturated rings. The molecular formula is C11H16N2O5. The fourth-order valence-electron chi connectivity index (χ4n) is 1.88. The number of carbonyl (C=O) groups excluding carboxylic acids is 2. The van der Waals surface area contributed by atoms with E-state index in [-0.39, 0.29) is 12.1 Å². The number of hydrogen-bond donors (Lipinski definition) is 3. The smallest absolute Gasteiger partial charge is 0.328 e. The van der Waals surface area contributed by atoms with Gasteiger partial charge >= 0.3 is 12.0 Å². The first-order valence-electron chi connectivity index (χ1n) is 5.58. The molecular weight excluding hydrogens is 240 g/mol. The minimum Gasteiger partial charge on any atom is -0.478 e. The molecule has 1 saturated carbocycles. The molecule has 3 amide bonds. The fraction of sp³-hybridized carbons (Fsp3) is 0.545. The van der Waals surface area contributed by atoms with E-state index in [0.717, 1.165) is 25.3 Å². The second-order valence-electron chi connectivity index (χ2n) is 3.95. The lowest BCUT2D eigenvalue weighted by atomic mass is 10.2. The van der Waals surface area contributed by atoms with Crippen molar-refractivity contribution in [1.29, 1.82) is 0 Å². The number of amides is 3. The van der Waals surface area contributed by atoms with E-state index in [4.69, 9.17) is 9.84 Å². The number of rotatable bonds is 4. The second-order valence-corrected chi connectivity index (χ2v) is 3.95. The number of methoxy groups -OCH3 is 1. The highest BCUT2D eigenvalue weighted by molar-refractivity contribution is 6.02. The van der Waals surface area contributed by atoms with E-state index in [2.05, 4.69) is 5.32 Å². The van der Waals surface area contributed by atoms with Crippen molar-refractivity contribution in [2.45, 2.75) is 31.4 Å². The maximum atomic E-state index is 11.4. The van der Waals surface area contributed by atoms with Gasteiger partial charge in [-0.25, -0.2) is 9.59 Å². The summed E-state index contributed by atoms with van der Waals surface area (Å²) in [6.45, 7) is 0. The molecule has 0 bridgehead atoms. The van der Waals surface area contributed by atoms with Crippen LogP contribution in [0, 0.1) is 0 Å². The van der Waals surface area contributed by atoms with Crippen LogP contribution in [0.15, 0.2) is 12.2 Å². The van der Waals surface area contributed by atoms with Crippen molar-refractivity contribution in [3.8, 4) is 0 Å². The fourth-order valence-corrected chi connectivity index (χ4v) is 1.88. The minimum absolute atomic E-state index is 0.0413. The van der Waals surface area contributed by atoms with Gasteiger partial charge in [0.25, 0.3) is 5.91 Å². The molecule has 0 aromatic heterocycles. The first kappa shape index (κ1) is 14.2. The molecule has 1 aliphatic carbocycles. The Hall–Kier alpha value is -1.89. The number of aliphatic carboxylic acids is 1. The summed E-state index contributed by atoms with van der Waals surface area (Å²) in [4.78, 5) is 32.7. The zero-order valence-corrected chi connectivity index (χ0v) is 10.0. The van der Waals surface area contributed by atoms with E-state index in [9.17, 15) is 14.4 Å². The lowest BCUT2D eigenvalue weighted by Gasteiger charge is -2.19. The molecule has 0 aliphatic heterocycles. The second kappa shape index (κ2) is 6.75. The molecule has 0 aromatic carbocycles. The van der Waals surface area contributed by atoms with Gasteiger partial charge in [-0.1, -0.05) is 0 Å². The number of hydrogen-bond acceptors (Lipinski definition) is 4. The lowest BCUT2D eigenvalue weighted by molar-refractivity contribution is -0.131. The number of carboxylic acids is 1. The normalized spacial score (nSPS) is 22.9. The average Bonchev–Trinajstić information content (AvgIpc) is 2.73. The maximum Gasteiger partial charge on any atom is 0.328 e. The largest absolute Gasteiger partial charge is 0.478 e. The monoisotopic (exact) mass is 256 g/mol. The van der Waals surface area contributed by atoms with Crippen LogP contribution >= 0.6 is 0 Å². The zero-order valence-electron chi connectivity index (χ0n) is 10.0. The van der Waals surface area contributed by atoms with Gasteiger partial charge in [-0.2, -0.15) is 0 Å². The number of nitrogens with one attached hydrogen (secondary N) is 2. The standard InChI is InChI=1S/C11H16N2O5/c1-18-8-4-2-3-7(8)12-11(17)13-9(14)5-6-10(15)16/h5-8H,2-4H2,1H3,(H,15,16)(H2,12,13,14,17). The van der Waals surface area contributed by atoms with E-state index >= 15 is 0 Å². The van der Waals surface area contributed by atoms with E-state index in [1.807, 2.05) is 5.32 Å². The van der Waals surface area contributed by atoms with Crippen LogP contribution < -0.4 is 10.6 Å². The summed E-state index contributed by atoms with van der Waals surface area (Å²) in [5.74, 6) is -2.03. The van der Waals surface area contributed by atoms with Crippen molar-refractivity contribution < 1.29 is 24.2 Å². The topological polar surface area (TPSA) is 105 Å². The number of imide groups is 1. The molecule has 0 spiro atoms. The van der Waals surface area contributed by atoms with Crippen molar-refractivity contribution in [3.05, 3.63) is 12.2 Å². The van der Waals surface area contributed by atoms with Gasteiger partial charge in [0, 0.05) is 19.3 Å². The molecule has 0 radical (unpaired) electrons. The molecule has 100 valence electrons. The molecule has 1 rings (SSSR count). The highest BCUT2D eigenvalue weighted by atomic mass is 16.5. The van der Waals surface area contributed by atoms with Crippen molar-refractivity contribution in [3.63, 3.8) is 0 Å². The third kappa shape index (κ3) is 4.54. The Kier molecular flexibility index (Phi) is 5.31. The zero-order chi connectivity index (χ0) is 13.5. The van der Waals surface area contributed by atoms with Gasteiger partial charge in [0.1, 0.15) is 0 Å². The van der Waals surface area contributed by atoms with E-state index < -0.39 is 17.9 Å². The average molecular weight is 256 g/mol. The minimum atomic E-state index is -1.25. The summed E-state index contributed by atoms with van der Waals surface area (Å²) >= 11 is 0. The highest BCUT2D eigenvalue weighted by Gasteiger charge is 2.28. The summed E-state index contributed by atoms with van der Waals surface area (Å²) in [7, 11) is 1.57. The van der Waals surface area contributed by atoms with Gasteiger partial charge in [0.2, 0.25) is 0 Å². The number of carbonyl (C=O) groups is 3. The number of carboxylic acid groups (broad SMARTS) is 1. The molecule has 2 unspecified atom stereocenters. The van der Waals surface area contributed by atoms with E-state index in [0.29, 0.717) is 6.08 Å². The Morgan fingerprint density at radius 3 is 2.61 bits per heavy atom. The Morgan fingerprint density at radius 2 is 2.00 bits per heavy atom. The Bertz CT molecular complexity index is 366. The molecule has 7 nitrogen and oxygen atoms in total. The van der Waals surface area contributed by atoms with Gasteiger partial charge in [-0.05, 0) is 19.3 Å². The molecule has 18 heavy (non-hydrogen) atoms. The molecule has 0 saturated heterocycles. The Labute approximate surface area is 104 Å². The lowest BCUT2D eigenvalue weighted by Crippen LogP contribution is -2.47.